The molecule has 5 nitrogen and oxygen atoms in total. The number of carboxylic acids is 1. The standard InChI is InChI=1S/C16H14N2O3/c1-12(16(19)20)3-2-8-21-15-6-4-13(5-7-15)9-14(10-17)11-18/h3-7,9H,2,8H2,1H3,(H,19,20)/b12-3+. The van der Waals surface area contributed by atoms with Crippen molar-refractivity contribution in [1.29, 1.82) is 10.5 Å². The van der Waals surface area contributed by atoms with Gasteiger partial charge in [0, 0.05) is 12.0 Å². The molecular formula is C16H14N2O3. The van der Waals surface area contributed by atoms with Crippen LogP contribution in [0.4, 0.5) is 0 Å². The van der Waals surface area contributed by atoms with Gasteiger partial charge in [0.05, 0.1) is 6.61 Å². The van der Waals surface area contributed by atoms with Crippen LogP contribution in [0.25, 0.3) is 6.08 Å². The molecule has 0 atom stereocenters. The van der Waals surface area contributed by atoms with Crippen LogP contribution < -0.4 is 4.74 Å². The fourth-order valence-corrected chi connectivity index (χ4v) is 1.46. The van der Waals surface area contributed by atoms with Crippen molar-refractivity contribution in [1.82, 2.24) is 0 Å². The number of carbonyl (C=O) groups is 1. The lowest BCUT2D eigenvalue weighted by molar-refractivity contribution is -0.132. The van der Waals surface area contributed by atoms with Crippen molar-refractivity contribution in [2.75, 3.05) is 6.61 Å². The van der Waals surface area contributed by atoms with Gasteiger partial charge in [0.2, 0.25) is 0 Å². The van der Waals surface area contributed by atoms with Gasteiger partial charge in [-0.15, -0.1) is 0 Å². The molecule has 1 rings (SSSR count). The number of carboxylic acid groups (broad SMARTS) is 1. The number of hydrogen-bond donors (Lipinski definition) is 1. The number of allylic oxidation sites excluding steroid dienone is 1. The second kappa shape index (κ2) is 8.19. The quantitative estimate of drug-likeness (QED) is 0.492. The number of rotatable bonds is 6. The molecule has 0 unspecified atom stereocenters. The Morgan fingerprint density at radius 3 is 2.43 bits per heavy atom. The van der Waals surface area contributed by atoms with E-state index < -0.39 is 5.97 Å². The highest BCUT2D eigenvalue weighted by Gasteiger charge is 1.99. The molecule has 1 aromatic rings. The van der Waals surface area contributed by atoms with Crippen molar-refractivity contribution in [3.05, 3.63) is 47.1 Å². The Hall–Kier alpha value is -3.05. The van der Waals surface area contributed by atoms with Gasteiger partial charge in [0.15, 0.2) is 0 Å². The van der Waals surface area contributed by atoms with E-state index in [1.807, 2.05) is 0 Å². The van der Waals surface area contributed by atoms with Crippen LogP contribution in [0.2, 0.25) is 0 Å². The third-order valence-corrected chi connectivity index (χ3v) is 2.61. The molecule has 0 saturated heterocycles. The second-order valence-corrected chi connectivity index (χ2v) is 4.18. The zero-order valence-corrected chi connectivity index (χ0v) is 11.5. The molecule has 0 fully saturated rings. The average molecular weight is 282 g/mol. The molecule has 0 aliphatic carbocycles. The van der Waals surface area contributed by atoms with Gasteiger partial charge in [0.1, 0.15) is 23.5 Å². The first kappa shape index (κ1) is 16.0. The minimum absolute atomic E-state index is 0.0398. The number of benzene rings is 1. The van der Waals surface area contributed by atoms with Crippen LogP contribution >= 0.6 is 0 Å². The van der Waals surface area contributed by atoms with E-state index in [2.05, 4.69) is 0 Å². The molecule has 1 aromatic carbocycles. The maximum Gasteiger partial charge on any atom is 0.330 e. The van der Waals surface area contributed by atoms with Gasteiger partial charge in [-0.05, 0) is 30.7 Å². The van der Waals surface area contributed by atoms with Crippen molar-refractivity contribution in [3.63, 3.8) is 0 Å². The zero-order chi connectivity index (χ0) is 15.7. The summed E-state index contributed by atoms with van der Waals surface area (Å²) in [6.45, 7) is 1.91. The molecule has 0 aromatic heterocycles. The Balaban J connectivity index is 2.55. The van der Waals surface area contributed by atoms with E-state index in [1.165, 1.54) is 13.0 Å². The van der Waals surface area contributed by atoms with Crippen molar-refractivity contribution in [2.45, 2.75) is 13.3 Å². The Morgan fingerprint density at radius 1 is 1.29 bits per heavy atom. The van der Waals surface area contributed by atoms with Gasteiger partial charge in [-0.2, -0.15) is 10.5 Å². The third-order valence-electron chi connectivity index (χ3n) is 2.61. The number of aliphatic carboxylic acids is 1. The van der Waals surface area contributed by atoms with E-state index in [4.69, 9.17) is 20.4 Å². The van der Waals surface area contributed by atoms with Crippen LogP contribution in [0, 0.1) is 22.7 Å². The van der Waals surface area contributed by atoms with E-state index in [0.717, 1.165) is 5.56 Å². The molecule has 5 heteroatoms. The predicted molar refractivity (Wildman–Crippen MR) is 77.1 cm³/mol. The molecule has 0 saturated carbocycles. The van der Waals surface area contributed by atoms with Gasteiger partial charge in [-0.1, -0.05) is 18.2 Å². The molecule has 0 bridgehead atoms. The smallest absolute Gasteiger partial charge is 0.330 e. The van der Waals surface area contributed by atoms with Gasteiger partial charge >= 0.3 is 5.97 Å². The molecule has 21 heavy (non-hydrogen) atoms. The summed E-state index contributed by atoms with van der Waals surface area (Å²) in [6.07, 6.45) is 3.60. The van der Waals surface area contributed by atoms with E-state index in [0.29, 0.717) is 24.4 Å². The minimum atomic E-state index is -0.933. The topological polar surface area (TPSA) is 94.1 Å². The summed E-state index contributed by atoms with van der Waals surface area (Å²) in [5.41, 5.74) is 1.07. The Labute approximate surface area is 123 Å². The molecule has 0 aliphatic rings. The van der Waals surface area contributed by atoms with Gasteiger partial charge in [-0.3, -0.25) is 0 Å². The summed E-state index contributed by atoms with van der Waals surface area (Å²) in [6, 6.07) is 10.5. The van der Waals surface area contributed by atoms with Gasteiger partial charge < -0.3 is 9.84 Å². The molecule has 0 spiro atoms. The summed E-state index contributed by atoms with van der Waals surface area (Å²) in [4.78, 5) is 10.6. The molecule has 0 heterocycles. The fraction of sp³-hybridized carbons (Fsp3) is 0.188. The van der Waals surface area contributed by atoms with Crippen LogP contribution in [0.1, 0.15) is 18.9 Å². The number of nitriles is 2. The number of nitrogens with zero attached hydrogens (tertiary/aromatic N) is 2. The molecular weight excluding hydrogens is 268 g/mol. The Morgan fingerprint density at radius 2 is 1.90 bits per heavy atom. The number of hydrogen-bond acceptors (Lipinski definition) is 4. The predicted octanol–water partition coefficient (Wildman–Crippen LogP) is 2.92. The maximum atomic E-state index is 10.6. The summed E-state index contributed by atoms with van der Waals surface area (Å²) in [7, 11) is 0. The summed E-state index contributed by atoms with van der Waals surface area (Å²) >= 11 is 0. The lowest BCUT2D eigenvalue weighted by Crippen LogP contribution is -1.99. The largest absolute Gasteiger partial charge is 0.493 e. The first-order chi connectivity index (χ1) is 10.1. The van der Waals surface area contributed by atoms with E-state index >= 15 is 0 Å². The SMILES string of the molecule is C/C(=C\CCOc1ccc(C=C(C#N)C#N)cc1)C(=O)O. The lowest BCUT2D eigenvalue weighted by atomic mass is 10.1. The Bertz CT molecular complexity index is 628. The van der Waals surface area contributed by atoms with Crippen LogP contribution in [-0.4, -0.2) is 17.7 Å². The summed E-state index contributed by atoms with van der Waals surface area (Å²) in [5.74, 6) is -0.291. The molecule has 106 valence electrons. The van der Waals surface area contributed by atoms with E-state index in [9.17, 15) is 4.79 Å². The number of ether oxygens (including phenoxy) is 1. The molecule has 0 radical (unpaired) electrons. The minimum Gasteiger partial charge on any atom is -0.493 e. The average Bonchev–Trinajstić information content (AvgIpc) is 2.50. The monoisotopic (exact) mass is 282 g/mol. The molecule has 0 aliphatic heterocycles. The normalized spacial score (nSPS) is 10.1. The summed E-state index contributed by atoms with van der Waals surface area (Å²) in [5, 5.41) is 26.0. The summed E-state index contributed by atoms with van der Waals surface area (Å²) < 4.78 is 5.46. The van der Waals surface area contributed by atoms with Crippen LogP contribution in [0.3, 0.4) is 0 Å². The van der Waals surface area contributed by atoms with Crippen molar-refractivity contribution in [3.8, 4) is 17.9 Å². The van der Waals surface area contributed by atoms with Gasteiger partial charge in [-0.25, -0.2) is 4.79 Å². The molecule has 1 N–H and O–H groups in total. The van der Waals surface area contributed by atoms with E-state index in [1.54, 1.807) is 42.5 Å². The maximum absolute atomic E-state index is 10.6. The zero-order valence-electron chi connectivity index (χ0n) is 11.5. The highest BCUT2D eigenvalue weighted by molar-refractivity contribution is 5.85. The Kier molecular flexibility index (Phi) is 6.24. The van der Waals surface area contributed by atoms with Crippen LogP contribution in [-0.2, 0) is 4.79 Å². The van der Waals surface area contributed by atoms with Crippen LogP contribution in [0.5, 0.6) is 5.75 Å². The highest BCUT2D eigenvalue weighted by atomic mass is 16.5. The second-order valence-electron chi connectivity index (χ2n) is 4.18. The first-order valence-electron chi connectivity index (χ1n) is 6.21. The lowest BCUT2D eigenvalue weighted by Gasteiger charge is -2.04. The van der Waals surface area contributed by atoms with Crippen molar-refractivity contribution in [2.24, 2.45) is 0 Å². The molecule has 0 amide bonds. The first-order valence-corrected chi connectivity index (χ1v) is 6.21. The van der Waals surface area contributed by atoms with Crippen LogP contribution in [0.15, 0.2) is 41.5 Å². The van der Waals surface area contributed by atoms with Gasteiger partial charge in [0.25, 0.3) is 0 Å². The fourth-order valence-electron chi connectivity index (χ4n) is 1.46. The van der Waals surface area contributed by atoms with E-state index in [-0.39, 0.29) is 5.57 Å². The van der Waals surface area contributed by atoms with Crippen molar-refractivity contribution < 1.29 is 14.6 Å². The highest BCUT2D eigenvalue weighted by Crippen LogP contribution is 2.14. The third kappa shape index (κ3) is 5.63. The van der Waals surface area contributed by atoms with Crippen molar-refractivity contribution >= 4 is 12.0 Å².